The minimum Gasteiger partial charge on any atom is -0.367 e. The Labute approximate surface area is 117 Å². The molecule has 1 aliphatic rings. The normalized spacial score (nSPS) is 18.3. The van der Waals surface area contributed by atoms with Crippen LogP contribution in [0.15, 0.2) is 18.2 Å². The summed E-state index contributed by atoms with van der Waals surface area (Å²) in [4.78, 5) is 12.7. The summed E-state index contributed by atoms with van der Waals surface area (Å²) < 4.78 is 19.1. The van der Waals surface area contributed by atoms with Crippen LogP contribution < -0.4 is 0 Å². The number of Topliss-reactive ketones (excluding diaryl/α,β-unsaturated/α-hetero) is 1. The molecule has 4 heteroatoms. The third-order valence-corrected chi connectivity index (χ3v) is 4.00. The van der Waals surface area contributed by atoms with Gasteiger partial charge in [0.25, 0.3) is 0 Å². The summed E-state index contributed by atoms with van der Waals surface area (Å²) in [5.41, 5.74) is -0.582. The zero-order valence-corrected chi connectivity index (χ0v) is 11.8. The van der Waals surface area contributed by atoms with Gasteiger partial charge >= 0.3 is 0 Å². The summed E-state index contributed by atoms with van der Waals surface area (Å²) in [5, 5.41) is 0.288. The van der Waals surface area contributed by atoms with Crippen molar-refractivity contribution in [1.82, 2.24) is 0 Å². The Kier molecular flexibility index (Phi) is 4.58. The van der Waals surface area contributed by atoms with Crippen molar-refractivity contribution in [3.8, 4) is 0 Å². The molecule has 0 amide bonds. The fraction of sp³-hybridized carbons (Fsp3) is 0.533. The molecule has 1 aromatic carbocycles. The number of rotatable bonds is 4. The summed E-state index contributed by atoms with van der Waals surface area (Å²) in [6, 6.07) is 3.89. The zero-order valence-electron chi connectivity index (χ0n) is 11.0. The molecular formula is C15H18ClFO2. The first-order chi connectivity index (χ1) is 9.09. The molecule has 1 aliphatic carbocycles. The molecule has 0 spiro atoms. The number of carbonyl (C=O) groups excluding carboxylic acids is 1. The highest BCUT2D eigenvalue weighted by molar-refractivity contribution is 6.34. The van der Waals surface area contributed by atoms with Crippen LogP contribution in [0.2, 0.25) is 5.02 Å². The Bertz CT molecular complexity index is 462. The number of hydrogen-bond acceptors (Lipinski definition) is 2. The van der Waals surface area contributed by atoms with E-state index in [0.717, 1.165) is 19.3 Å². The first-order valence-corrected chi connectivity index (χ1v) is 7.11. The molecule has 0 saturated heterocycles. The van der Waals surface area contributed by atoms with E-state index >= 15 is 0 Å². The summed E-state index contributed by atoms with van der Waals surface area (Å²) >= 11 is 6.03. The maximum Gasteiger partial charge on any atom is 0.196 e. The first kappa shape index (κ1) is 14.5. The molecule has 0 aliphatic heterocycles. The monoisotopic (exact) mass is 284 g/mol. The van der Waals surface area contributed by atoms with E-state index in [2.05, 4.69) is 0 Å². The van der Waals surface area contributed by atoms with Crippen molar-refractivity contribution in [3.05, 3.63) is 34.6 Å². The molecule has 0 aromatic heterocycles. The third-order valence-electron chi connectivity index (χ3n) is 3.67. The van der Waals surface area contributed by atoms with Gasteiger partial charge in [-0.2, -0.15) is 0 Å². The minimum atomic E-state index is -0.815. The standard InChI is InChI=1S/C15H18ClFO2/c1-2-19-15(8-4-3-5-9-15)14(18)12-10-11(17)6-7-13(12)16/h6-7,10H,2-5,8-9H2,1H3. The first-order valence-electron chi connectivity index (χ1n) is 6.73. The fourth-order valence-corrected chi connectivity index (χ4v) is 2.96. The second kappa shape index (κ2) is 6.02. The molecule has 1 fully saturated rings. The SMILES string of the molecule is CCOC1(C(=O)c2cc(F)ccc2Cl)CCCCC1. The summed E-state index contributed by atoms with van der Waals surface area (Å²) in [5.74, 6) is -0.631. The molecule has 0 N–H and O–H groups in total. The van der Waals surface area contributed by atoms with E-state index in [0.29, 0.717) is 19.4 Å². The molecule has 19 heavy (non-hydrogen) atoms. The van der Waals surface area contributed by atoms with E-state index < -0.39 is 11.4 Å². The van der Waals surface area contributed by atoms with Gasteiger partial charge in [0.1, 0.15) is 11.4 Å². The Morgan fingerprint density at radius 3 is 2.68 bits per heavy atom. The molecule has 0 atom stereocenters. The number of ether oxygens (including phenoxy) is 1. The second-order valence-electron chi connectivity index (χ2n) is 4.94. The smallest absolute Gasteiger partial charge is 0.196 e. The van der Waals surface area contributed by atoms with Crippen molar-refractivity contribution in [1.29, 1.82) is 0 Å². The predicted molar refractivity (Wildman–Crippen MR) is 73.2 cm³/mol. The van der Waals surface area contributed by atoms with Gasteiger partial charge in [-0.1, -0.05) is 30.9 Å². The van der Waals surface area contributed by atoms with E-state index in [9.17, 15) is 9.18 Å². The number of hydrogen-bond donors (Lipinski definition) is 0. The van der Waals surface area contributed by atoms with Gasteiger partial charge in [-0.15, -0.1) is 0 Å². The highest BCUT2D eigenvalue weighted by atomic mass is 35.5. The van der Waals surface area contributed by atoms with Crippen molar-refractivity contribution >= 4 is 17.4 Å². The van der Waals surface area contributed by atoms with Crippen LogP contribution in [0.1, 0.15) is 49.4 Å². The van der Waals surface area contributed by atoms with Crippen LogP contribution in [0.5, 0.6) is 0 Å². The second-order valence-corrected chi connectivity index (χ2v) is 5.35. The van der Waals surface area contributed by atoms with Crippen LogP contribution in [-0.4, -0.2) is 18.0 Å². The topological polar surface area (TPSA) is 26.3 Å². The molecule has 0 bridgehead atoms. The molecule has 0 unspecified atom stereocenters. The molecule has 0 radical (unpaired) electrons. The fourth-order valence-electron chi connectivity index (χ4n) is 2.75. The maximum atomic E-state index is 13.3. The van der Waals surface area contributed by atoms with E-state index in [1.807, 2.05) is 6.92 Å². The van der Waals surface area contributed by atoms with Gasteiger partial charge in [0.2, 0.25) is 0 Å². The predicted octanol–water partition coefficient (Wildman–Crippen LogP) is 4.40. The Morgan fingerprint density at radius 2 is 2.05 bits per heavy atom. The average molecular weight is 285 g/mol. The van der Waals surface area contributed by atoms with Crippen molar-refractivity contribution in [3.63, 3.8) is 0 Å². The maximum absolute atomic E-state index is 13.3. The summed E-state index contributed by atoms with van der Waals surface area (Å²) in [6.45, 7) is 2.34. The van der Waals surface area contributed by atoms with E-state index in [1.54, 1.807) is 0 Å². The van der Waals surface area contributed by atoms with E-state index in [4.69, 9.17) is 16.3 Å². The van der Waals surface area contributed by atoms with Crippen LogP contribution in [-0.2, 0) is 4.74 Å². The van der Waals surface area contributed by atoms with Crippen LogP contribution in [0, 0.1) is 5.82 Å². The van der Waals surface area contributed by atoms with Crippen molar-refractivity contribution in [2.75, 3.05) is 6.61 Å². The Balaban J connectivity index is 2.36. The average Bonchev–Trinajstić information content (AvgIpc) is 2.42. The van der Waals surface area contributed by atoms with E-state index in [1.165, 1.54) is 18.2 Å². The minimum absolute atomic E-state index is 0.182. The highest BCUT2D eigenvalue weighted by Gasteiger charge is 2.41. The number of benzene rings is 1. The number of carbonyl (C=O) groups is 1. The van der Waals surface area contributed by atoms with Crippen LogP contribution in [0.25, 0.3) is 0 Å². The number of halogens is 2. The molecule has 0 heterocycles. The number of ketones is 1. The molecule has 1 saturated carbocycles. The lowest BCUT2D eigenvalue weighted by Gasteiger charge is -2.35. The highest BCUT2D eigenvalue weighted by Crippen LogP contribution is 2.36. The van der Waals surface area contributed by atoms with Gasteiger partial charge in [0.15, 0.2) is 5.78 Å². The Hall–Kier alpha value is -0.930. The summed E-state index contributed by atoms with van der Waals surface area (Å²) in [7, 11) is 0. The largest absolute Gasteiger partial charge is 0.367 e. The lowest BCUT2D eigenvalue weighted by molar-refractivity contribution is -0.0411. The summed E-state index contributed by atoms with van der Waals surface area (Å²) in [6.07, 6.45) is 4.40. The van der Waals surface area contributed by atoms with Gasteiger partial charge in [-0.05, 0) is 38.0 Å². The zero-order chi connectivity index (χ0) is 13.9. The lowest BCUT2D eigenvalue weighted by Crippen LogP contribution is -2.43. The van der Waals surface area contributed by atoms with Gasteiger partial charge in [0.05, 0.1) is 5.02 Å². The van der Waals surface area contributed by atoms with Gasteiger partial charge in [-0.3, -0.25) is 4.79 Å². The Morgan fingerprint density at radius 1 is 1.37 bits per heavy atom. The van der Waals surface area contributed by atoms with Crippen molar-refractivity contribution in [2.24, 2.45) is 0 Å². The molecule has 2 rings (SSSR count). The molecule has 104 valence electrons. The lowest BCUT2D eigenvalue weighted by atomic mass is 9.79. The van der Waals surface area contributed by atoms with Gasteiger partial charge < -0.3 is 4.74 Å². The molecule has 1 aromatic rings. The van der Waals surface area contributed by atoms with Crippen LogP contribution in [0.3, 0.4) is 0 Å². The quantitative estimate of drug-likeness (QED) is 0.766. The van der Waals surface area contributed by atoms with Gasteiger partial charge in [0, 0.05) is 12.2 Å². The van der Waals surface area contributed by atoms with E-state index in [-0.39, 0.29) is 16.4 Å². The van der Waals surface area contributed by atoms with Crippen molar-refractivity contribution < 1.29 is 13.9 Å². The van der Waals surface area contributed by atoms with Crippen molar-refractivity contribution in [2.45, 2.75) is 44.6 Å². The van der Waals surface area contributed by atoms with Gasteiger partial charge in [-0.25, -0.2) is 4.39 Å². The third kappa shape index (κ3) is 2.98. The van der Waals surface area contributed by atoms with Crippen LogP contribution in [0.4, 0.5) is 4.39 Å². The van der Waals surface area contributed by atoms with Crippen LogP contribution >= 0.6 is 11.6 Å². The molecular weight excluding hydrogens is 267 g/mol. The molecule has 2 nitrogen and oxygen atoms in total.